The zero-order valence-corrected chi connectivity index (χ0v) is 12.5. The van der Waals surface area contributed by atoms with Gasteiger partial charge in [-0.05, 0) is 42.7 Å². The molecule has 0 fully saturated rings. The number of amides is 1. The molecule has 0 bridgehead atoms. The van der Waals surface area contributed by atoms with Crippen LogP contribution in [0.2, 0.25) is 0 Å². The van der Waals surface area contributed by atoms with Crippen LogP contribution < -0.4 is 5.73 Å². The lowest BCUT2D eigenvalue weighted by Gasteiger charge is -2.03. The SMILES string of the molecule is Cc1nnc(S/C=C/C(=O)c2ccc(F)cc2)n1CC(N)=O. The highest BCUT2D eigenvalue weighted by Crippen LogP contribution is 2.18. The van der Waals surface area contributed by atoms with E-state index in [2.05, 4.69) is 10.2 Å². The predicted molar refractivity (Wildman–Crippen MR) is 79.7 cm³/mol. The number of rotatable bonds is 6. The van der Waals surface area contributed by atoms with Gasteiger partial charge in [-0.2, -0.15) is 0 Å². The smallest absolute Gasteiger partial charge is 0.237 e. The highest BCUT2D eigenvalue weighted by Gasteiger charge is 2.10. The number of allylic oxidation sites excluding steroid dienone is 1. The third-order valence-corrected chi connectivity index (χ3v) is 3.52. The topological polar surface area (TPSA) is 90.9 Å². The molecule has 1 amide bonds. The van der Waals surface area contributed by atoms with Gasteiger partial charge in [0.25, 0.3) is 0 Å². The van der Waals surface area contributed by atoms with E-state index in [1.165, 1.54) is 35.7 Å². The first kappa shape index (κ1) is 15.9. The van der Waals surface area contributed by atoms with Gasteiger partial charge in [0.05, 0.1) is 0 Å². The van der Waals surface area contributed by atoms with Crippen LogP contribution in [0.3, 0.4) is 0 Å². The summed E-state index contributed by atoms with van der Waals surface area (Å²) in [6.07, 6.45) is 1.34. The number of benzene rings is 1. The Morgan fingerprint density at radius 1 is 1.32 bits per heavy atom. The van der Waals surface area contributed by atoms with Gasteiger partial charge in [-0.15, -0.1) is 10.2 Å². The number of carbonyl (C=O) groups is 2. The first-order valence-corrected chi connectivity index (χ1v) is 7.16. The molecule has 0 aliphatic carbocycles. The number of hydrogen-bond acceptors (Lipinski definition) is 5. The molecule has 0 radical (unpaired) electrons. The van der Waals surface area contributed by atoms with Crippen molar-refractivity contribution in [1.82, 2.24) is 14.8 Å². The van der Waals surface area contributed by atoms with Gasteiger partial charge in [-0.25, -0.2) is 4.39 Å². The molecule has 2 N–H and O–H groups in total. The lowest BCUT2D eigenvalue weighted by Crippen LogP contribution is -2.19. The van der Waals surface area contributed by atoms with Gasteiger partial charge in [0.2, 0.25) is 5.91 Å². The van der Waals surface area contributed by atoms with Gasteiger partial charge in [0, 0.05) is 5.56 Å². The number of hydrogen-bond donors (Lipinski definition) is 1. The van der Waals surface area contributed by atoms with E-state index in [1.54, 1.807) is 11.5 Å². The molecule has 22 heavy (non-hydrogen) atoms. The molecule has 1 aromatic heterocycles. The zero-order valence-electron chi connectivity index (χ0n) is 11.7. The number of nitrogens with two attached hydrogens (primary N) is 1. The Labute approximate surface area is 130 Å². The van der Waals surface area contributed by atoms with E-state index >= 15 is 0 Å². The lowest BCUT2D eigenvalue weighted by atomic mass is 10.1. The van der Waals surface area contributed by atoms with Gasteiger partial charge in [-0.1, -0.05) is 11.8 Å². The van der Waals surface area contributed by atoms with Crippen LogP contribution in [0, 0.1) is 12.7 Å². The molecule has 0 saturated heterocycles. The molecule has 8 heteroatoms. The number of aryl methyl sites for hydroxylation is 1. The molecular weight excluding hydrogens is 307 g/mol. The number of nitrogens with zero attached hydrogens (tertiary/aromatic N) is 3. The van der Waals surface area contributed by atoms with Gasteiger partial charge in [-0.3, -0.25) is 14.2 Å². The molecule has 0 saturated carbocycles. The fraction of sp³-hybridized carbons (Fsp3) is 0.143. The molecule has 0 spiro atoms. The van der Waals surface area contributed by atoms with Gasteiger partial charge >= 0.3 is 0 Å². The van der Waals surface area contributed by atoms with Crippen molar-refractivity contribution in [1.29, 1.82) is 0 Å². The second-order valence-electron chi connectivity index (χ2n) is 4.37. The third kappa shape index (κ3) is 4.01. The van der Waals surface area contributed by atoms with Crippen molar-refractivity contribution in [3.8, 4) is 0 Å². The maximum Gasteiger partial charge on any atom is 0.237 e. The summed E-state index contributed by atoms with van der Waals surface area (Å²) in [4.78, 5) is 22.9. The number of carbonyl (C=O) groups excluding carboxylic acids is 2. The van der Waals surface area contributed by atoms with Crippen LogP contribution in [0.1, 0.15) is 16.2 Å². The Hall–Kier alpha value is -2.48. The molecule has 6 nitrogen and oxygen atoms in total. The molecule has 1 heterocycles. The number of halogens is 1. The fourth-order valence-corrected chi connectivity index (χ4v) is 2.38. The van der Waals surface area contributed by atoms with Crippen LogP contribution in [0.5, 0.6) is 0 Å². The van der Waals surface area contributed by atoms with E-state index in [0.29, 0.717) is 16.5 Å². The Kier molecular flexibility index (Phi) is 5.05. The predicted octanol–water partition coefficient (Wildman–Crippen LogP) is 1.70. The second-order valence-corrected chi connectivity index (χ2v) is 5.25. The second kappa shape index (κ2) is 6.99. The van der Waals surface area contributed by atoms with Gasteiger partial charge in [0.1, 0.15) is 18.2 Å². The van der Waals surface area contributed by atoms with E-state index in [-0.39, 0.29) is 12.3 Å². The first-order chi connectivity index (χ1) is 10.5. The average molecular weight is 320 g/mol. The fourth-order valence-electron chi connectivity index (χ4n) is 1.65. The molecule has 0 aliphatic rings. The van der Waals surface area contributed by atoms with Crippen LogP contribution in [0.25, 0.3) is 0 Å². The minimum atomic E-state index is -0.504. The summed E-state index contributed by atoms with van der Waals surface area (Å²) >= 11 is 1.14. The molecule has 2 rings (SSSR count). The normalized spacial score (nSPS) is 11.0. The standard InChI is InChI=1S/C14H13FN4O2S/c1-9-17-18-14(19(9)8-13(16)21)22-7-6-12(20)10-2-4-11(15)5-3-10/h2-7H,8H2,1H3,(H2,16,21)/b7-6+. The van der Waals surface area contributed by atoms with Crippen LogP contribution in [0.4, 0.5) is 4.39 Å². The third-order valence-electron chi connectivity index (χ3n) is 2.74. The van der Waals surface area contributed by atoms with Crippen molar-refractivity contribution in [2.45, 2.75) is 18.6 Å². The van der Waals surface area contributed by atoms with Crippen LogP contribution in [0.15, 0.2) is 40.9 Å². The Morgan fingerprint density at radius 3 is 2.64 bits per heavy atom. The van der Waals surface area contributed by atoms with Crippen molar-refractivity contribution in [2.24, 2.45) is 5.73 Å². The van der Waals surface area contributed by atoms with Crippen LogP contribution in [-0.4, -0.2) is 26.5 Å². The summed E-state index contributed by atoms with van der Waals surface area (Å²) < 4.78 is 14.3. The minimum Gasteiger partial charge on any atom is -0.368 e. The maximum absolute atomic E-state index is 12.8. The number of primary amides is 1. The summed E-state index contributed by atoms with van der Waals surface area (Å²) in [5.41, 5.74) is 5.54. The lowest BCUT2D eigenvalue weighted by molar-refractivity contribution is -0.118. The summed E-state index contributed by atoms with van der Waals surface area (Å²) in [5.74, 6) is -0.606. The molecule has 0 unspecified atom stereocenters. The average Bonchev–Trinajstić information content (AvgIpc) is 2.80. The van der Waals surface area contributed by atoms with E-state index in [4.69, 9.17) is 5.73 Å². The molecule has 2 aromatic rings. The quantitative estimate of drug-likeness (QED) is 0.497. The van der Waals surface area contributed by atoms with Gasteiger partial charge < -0.3 is 5.73 Å². The molecular formula is C14H13FN4O2S. The summed E-state index contributed by atoms with van der Waals surface area (Å²) in [6, 6.07) is 5.26. The summed E-state index contributed by atoms with van der Waals surface area (Å²) in [7, 11) is 0. The van der Waals surface area contributed by atoms with Crippen LogP contribution in [-0.2, 0) is 11.3 Å². The Bertz CT molecular complexity index is 725. The van der Waals surface area contributed by atoms with Crippen LogP contribution >= 0.6 is 11.8 Å². The number of ketones is 1. The molecule has 0 atom stereocenters. The first-order valence-electron chi connectivity index (χ1n) is 6.28. The van der Waals surface area contributed by atoms with E-state index in [1.807, 2.05) is 0 Å². The minimum absolute atomic E-state index is 0.0269. The van der Waals surface area contributed by atoms with E-state index in [0.717, 1.165) is 11.8 Å². The van der Waals surface area contributed by atoms with E-state index in [9.17, 15) is 14.0 Å². The Morgan fingerprint density at radius 2 is 2.00 bits per heavy atom. The molecule has 0 aliphatic heterocycles. The van der Waals surface area contributed by atoms with Crippen molar-refractivity contribution in [2.75, 3.05) is 0 Å². The largest absolute Gasteiger partial charge is 0.368 e. The summed E-state index contributed by atoms with van der Waals surface area (Å²) in [5, 5.41) is 9.76. The van der Waals surface area contributed by atoms with Crippen molar-refractivity contribution in [3.05, 3.63) is 53.0 Å². The zero-order chi connectivity index (χ0) is 16.1. The summed E-state index contributed by atoms with van der Waals surface area (Å²) in [6.45, 7) is 1.67. The molecule has 1 aromatic carbocycles. The van der Waals surface area contributed by atoms with Crippen molar-refractivity contribution < 1.29 is 14.0 Å². The number of thioether (sulfide) groups is 1. The monoisotopic (exact) mass is 320 g/mol. The molecule has 114 valence electrons. The maximum atomic E-state index is 12.8. The van der Waals surface area contributed by atoms with Crippen molar-refractivity contribution >= 4 is 23.5 Å². The van der Waals surface area contributed by atoms with Gasteiger partial charge in [0.15, 0.2) is 10.9 Å². The highest BCUT2D eigenvalue weighted by molar-refractivity contribution is 8.02. The van der Waals surface area contributed by atoms with Crippen molar-refractivity contribution in [3.63, 3.8) is 0 Å². The van der Waals surface area contributed by atoms with E-state index < -0.39 is 11.7 Å². The highest BCUT2D eigenvalue weighted by atomic mass is 32.2. The number of aromatic nitrogens is 3. The Balaban J connectivity index is 2.05.